The molecule has 0 spiro atoms. The lowest BCUT2D eigenvalue weighted by atomic mass is 9.96. The Morgan fingerprint density at radius 1 is 1.06 bits per heavy atom. The molecule has 0 unspecified atom stereocenters. The number of halogens is 6. The van der Waals surface area contributed by atoms with Crippen molar-refractivity contribution in [2.24, 2.45) is 5.92 Å². The molecule has 0 fully saturated rings. The Morgan fingerprint density at radius 2 is 1.69 bits per heavy atom. The zero-order chi connectivity index (χ0) is 27.0. The van der Waals surface area contributed by atoms with Gasteiger partial charge in [-0.25, -0.2) is 9.37 Å². The Morgan fingerprint density at radius 3 is 2.22 bits per heavy atom. The number of nitrogens with zero attached hydrogens (tertiary/aromatic N) is 1. The van der Waals surface area contributed by atoms with Crippen molar-refractivity contribution in [3.63, 3.8) is 0 Å². The summed E-state index contributed by atoms with van der Waals surface area (Å²) in [7, 11) is -8.53. The van der Waals surface area contributed by atoms with Crippen LogP contribution in [0.2, 0.25) is 0 Å². The predicted octanol–water partition coefficient (Wildman–Crippen LogP) is 6.29. The van der Waals surface area contributed by atoms with E-state index in [1.165, 1.54) is 19.2 Å². The number of carbonyl (C=O) groups excluding carboxylic acids is 1. The van der Waals surface area contributed by atoms with Crippen LogP contribution in [0.25, 0.3) is 0 Å². The zero-order valence-electron chi connectivity index (χ0n) is 19.3. The second kappa shape index (κ2) is 8.87. The highest BCUT2D eigenvalue weighted by Gasteiger charge is 2.65. The number of H-pyrrole nitrogens is 1. The number of aromatic amines is 1. The summed E-state index contributed by atoms with van der Waals surface area (Å²) < 4.78 is 83.9. The van der Waals surface area contributed by atoms with Crippen LogP contribution in [-0.4, -0.2) is 23.0 Å². The van der Waals surface area contributed by atoms with Crippen molar-refractivity contribution in [2.45, 2.75) is 31.2 Å². The van der Waals surface area contributed by atoms with Gasteiger partial charge in [-0.05, 0) is 41.3 Å². The average Bonchev–Trinajstić information content (AvgIpc) is 2.75. The summed E-state index contributed by atoms with van der Waals surface area (Å²) in [4.78, 5) is 29.5. The quantitative estimate of drug-likeness (QED) is 0.332. The third kappa shape index (κ3) is 6.59. The fourth-order valence-electron chi connectivity index (χ4n) is 3.50. The first kappa shape index (κ1) is 27.1. The van der Waals surface area contributed by atoms with Crippen molar-refractivity contribution >= 4 is 16.1 Å². The highest BCUT2D eigenvalue weighted by atomic mass is 32.5. The first-order valence-electron chi connectivity index (χ1n) is 10.5. The van der Waals surface area contributed by atoms with Crippen LogP contribution in [0.15, 0.2) is 58.2 Å². The first-order chi connectivity index (χ1) is 16.5. The van der Waals surface area contributed by atoms with Crippen molar-refractivity contribution in [1.29, 1.82) is 0 Å². The van der Waals surface area contributed by atoms with Gasteiger partial charge in [0.25, 0.3) is 11.5 Å². The van der Waals surface area contributed by atoms with E-state index in [0.29, 0.717) is 5.56 Å². The van der Waals surface area contributed by atoms with Crippen molar-refractivity contribution in [3.8, 4) is 5.75 Å². The topological polar surface area (TPSA) is 84.1 Å². The van der Waals surface area contributed by atoms with E-state index >= 15 is 0 Å². The van der Waals surface area contributed by atoms with E-state index in [1.807, 2.05) is 0 Å². The third-order valence-corrected chi connectivity index (χ3v) is 6.41. The normalized spacial score (nSPS) is 14.6. The van der Waals surface area contributed by atoms with Crippen LogP contribution in [0.3, 0.4) is 0 Å². The van der Waals surface area contributed by atoms with E-state index in [1.54, 1.807) is 19.9 Å². The summed E-state index contributed by atoms with van der Waals surface area (Å²) in [6, 6.07) is 6.49. The molecule has 0 radical (unpaired) electrons. The molecular formula is C23H23F6N3O3S. The predicted molar refractivity (Wildman–Crippen MR) is 123 cm³/mol. The minimum absolute atomic E-state index is 0.0132. The minimum atomic E-state index is -9.84. The second-order valence-electron chi connectivity index (χ2n) is 8.46. The van der Waals surface area contributed by atoms with Gasteiger partial charge in [-0.2, -0.15) is 0 Å². The lowest BCUT2D eigenvalue weighted by molar-refractivity contribution is 0.0919. The van der Waals surface area contributed by atoms with E-state index in [-0.39, 0.29) is 47.3 Å². The van der Waals surface area contributed by atoms with Gasteiger partial charge in [-0.15, -0.1) is 0 Å². The molecule has 0 aliphatic heterocycles. The summed E-state index contributed by atoms with van der Waals surface area (Å²) >= 11 is 0. The van der Waals surface area contributed by atoms with E-state index in [0.717, 1.165) is 18.2 Å². The number of benzene rings is 2. The van der Waals surface area contributed by atoms with Crippen molar-refractivity contribution in [2.75, 3.05) is 7.11 Å². The largest absolute Gasteiger partial charge is 0.494 e. The number of nitrogens with one attached hydrogen (secondary N) is 2. The highest BCUT2D eigenvalue weighted by Crippen LogP contribution is 3.02. The number of carbonyl (C=O) groups is 1. The van der Waals surface area contributed by atoms with Gasteiger partial charge in [0.05, 0.1) is 13.2 Å². The molecule has 1 amide bonds. The van der Waals surface area contributed by atoms with Gasteiger partial charge in [-0.3, -0.25) is 9.59 Å². The highest BCUT2D eigenvalue weighted by molar-refractivity contribution is 8.45. The van der Waals surface area contributed by atoms with Gasteiger partial charge in [-0.1, -0.05) is 51.5 Å². The van der Waals surface area contributed by atoms with E-state index < -0.39 is 38.4 Å². The number of aromatic nitrogens is 2. The number of amides is 1. The molecule has 0 saturated carbocycles. The van der Waals surface area contributed by atoms with Crippen LogP contribution in [0.5, 0.6) is 5.75 Å². The van der Waals surface area contributed by atoms with E-state index in [2.05, 4.69) is 15.3 Å². The fraction of sp³-hybridized carbons (Fsp3) is 0.261. The van der Waals surface area contributed by atoms with Crippen molar-refractivity contribution < 1.29 is 33.4 Å². The second-order valence-corrected chi connectivity index (χ2v) is 10.9. The molecule has 3 aromatic rings. The Labute approximate surface area is 202 Å². The molecule has 0 bridgehead atoms. The minimum Gasteiger partial charge on any atom is -0.494 e. The van der Waals surface area contributed by atoms with Gasteiger partial charge in [0, 0.05) is 12.5 Å². The molecule has 2 aromatic carbocycles. The molecule has 2 N–H and O–H groups in total. The Hall–Kier alpha value is -3.48. The average molecular weight is 536 g/mol. The molecule has 0 aliphatic rings. The first-order valence-corrected chi connectivity index (χ1v) is 12.5. The van der Waals surface area contributed by atoms with Crippen molar-refractivity contribution in [3.05, 3.63) is 87.3 Å². The van der Waals surface area contributed by atoms with Crippen LogP contribution < -0.4 is 15.6 Å². The molecule has 0 aliphatic carbocycles. The maximum absolute atomic E-state index is 14.0. The smallest absolute Gasteiger partial charge is 0.310 e. The van der Waals surface area contributed by atoms with E-state index in [9.17, 15) is 33.4 Å². The van der Waals surface area contributed by atoms with Crippen LogP contribution in [0, 0.1) is 11.7 Å². The number of rotatable bonds is 8. The number of methoxy groups -OCH3 is 1. The van der Waals surface area contributed by atoms with E-state index in [4.69, 9.17) is 4.74 Å². The van der Waals surface area contributed by atoms with Crippen LogP contribution in [0.1, 0.15) is 47.3 Å². The summed E-state index contributed by atoms with van der Waals surface area (Å²) in [6.45, 7) is 3.33. The third-order valence-electron chi connectivity index (χ3n) is 5.25. The molecule has 0 saturated heterocycles. The molecule has 1 atom stereocenters. The maximum atomic E-state index is 14.0. The fourth-order valence-corrected chi connectivity index (χ4v) is 4.15. The zero-order valence-corrected chi connectivity index (χ0v) is 20.1. The summed E-state index contributed by atoms with van der Waals surface area (Å²) in [6.07, 6.45) is -0.0132. The Balaban J connectivity index is 1.84. The summed E-state index contributed by atoms with van der Waals surface area (Å²) in [5.41, 5.74) is -0.335. The molecule has 196 valence electrons. The monoisotopic (exact) mass is 535 g/mol. The number of hydrogen-bond donors (Lipinski definition) is 2. The lowest BCUT2D eigenvalue weighted by Gasteiger charge is -2.40. The standard InChI is InChI=1S/C23H23F6N3O3S/c1-13(2)22(15-5-7-16(8-6-15)36(25,26,27,28)29)32-23(34)18-12-21(33)31-20(30-18)11-14-4-9-19(35-3)17(24)10-14/h4-10,12-13,22H,11H2,1-3H3,(H,32,34)(H,30,31,33)/t22-/m1/s1. The maximum Gasteiger partial charge on any atom is 0.310 e. The van der Waals surface area contributed by atoms with Crippen LogP contribution in [0.4, 0.5) is 23.8 Å². The van der Waals surface area contributed by atoms with Crippen LogP contribution >= 0.6 is 10.2 Å². The molecule has 13 heteroatoms. The van der Waals surface area contributed by atoms with Gasteiger partial charge in [0.1, 0.15) is 16.4 Å². The van der Waals surface area contributed by atoms with Gasteiger partial charge >= 0.3 is 10.2 Å². The number of ether oxygens (including phenoxy) is 1. The number of hydrogen-bond acceptors (Lipinski definition) is 4. The Kier molecular flexibility index (Phi) is 6.68. The summed E-state index contributed by atoms with van der Waals surface area (Å²) in [5, 5.41) is 2.58. The SMILES string of the molecule is COc1ccc(Cc2nc(C(=O)N[C@@H](c3ccc(S(F)(F)(F)(F)F)cc3)C(C)C)cc(=O)[nH]2)cc1F. The lowest BCUT2D eigenvalue weighted by Crippen LogP contribution is -2.33. The van der Waals surface area contributed by atoms with Gasteiger partial charge in [0.15, 0.2) is 11.6 Å². The molecule has 1 heterocycles. The molecule has 3 rings (SSSR count). The molecule has 6 nitrogen and oxygen atoms in total. The van der Waals surface area contributed by atoms with Gasteiger partial charge in [0.2, 0.25) is 0 Å². The molecule has 36 heavy (non-hydrogen) atoms. The molecular weight excluding hydrogens is 512 g/mol. The van der Waals surface area contributed by atoms with Crippen LogP contribution in [-0.2, 0) is 6.42 Å². The molecule has 1 aromatic heterocycles. The Bertz CT molecular complexity index is 1340. The summed E-state index contributed by atoms with van der Waals surface area (Å²) in [5.74, 6) is -1.69. The van der Waals surface area contributed by atoms with Gasteiger partial charge < -0.3 is 15.0 Å². The van der Waals surface area contributed by atoms with Crippen molar-refractivity contribution in [1.82, 2.24) is 15.3 Å².